The molecule has 27 heavy (non-hydrogen) atoms. The maximum absolute atomic E-state index is 5.54. The smallest absolute Gasteiger partial charge is 0.187 e. The number of benzene rings is 1. The minimum Gasteiger partial charge on any atom is -0.355 e. The molecule has 5 rings (SSSR count). The molecule has 4 saturated heterocycles. The summed E-state index contributed by atoms with van der Waals surface area (Å²) in [6.45, 7) is 13.7. The first kappa shape index (κ1) is 18.8. The lowest BCUT2D eigenvalue weighted by atomic mass is 9.64. The molecule has 0 aromatic heterocycles. The first-order valence-electron chi connectivity index (χ1n) is 10.1. The van der Waals surface area contributed by atoms with Crippen LogP contribution < -0.4 is 10.7 Å². The summed E-state index contributed by atoms with van der Waals surface area (Å²) in [5.74, 6) is 1.08. The highest BCUT2D eigenvalue weighted by atomic mass is 32.1. The molecule has 5 nitrogen and oxygen atoms in total. The minimum absolute atomic E-state index is 0.144. The van der Waals surface area contributed by atoms with E-state index in [1.165, 1.54) is 24.4 Å². The van der Waals surface area contributed by atoms with Gasteiger partial charge >= 0.3 is 0 Å². The number of hydrogen-bond acceptors (Lipinski definition) is 4. The number of thiocarbonyl (C=S) groups is 1. The van der Waals surface area contributed by atoms with Gasteiger partial charge in [-0.1, -0.05) is 44.2 Å². The van der Waals surface area contributed by atoms with E-state index >= 15 is 0 Å². The fraction of sp³-hybridized carbons (Fsp3) is 0.619. The van der Waals surface area contributed by atoms with Crippen molar-refractivity contribution in [3.63, 3.8) is 0 Å². The molecule has 2 N–H and O–H groups in total. The van der Waals surface area contributed by atoms with Gasteiger partial charge in [0.1, 0.15) is 0 Å². The van der Waals surface area contributed by atoms with E-state index in [-0.39, 0.29) is 11.5 Å². The van der Waals surface area contributed by atoms with Crippen molar-refractivity contribution in [3.05, 3.63) is 35.9 Å². The van der Waals surface area contributed by atoms with Gasteiger partial charge in [0.15, 0.2) is 5.11 Å². The Balaban J connectivity index is 1.48. The highest BCUT2D eigenvalue weighted by Gasteiger charge is 2.53. The van der Waals surface area contributed by atoms with Crippen molar-refractivity contribution in [1.82, 2.24) is 20.5 Å². The predicted octanol–water partition coefficient (Wildman–Crippen LogP) is 2.47. The molecule has 146 valence electrons. The van der Waals surface area contributed by atoms with E-state index in [9.17, 15) is 0 Å². The van der Waals surface area contributed by atoms with Crippen LogP contribution >= 0.6 is 12.2 Å². The zero-order chi connectivity index (χ0) is 19.0. The standard InChI is InChI=1S/C21H31N5S/c1-15(2)21-13-25-9-10-26(14-21)12-18(11-25)19(21)23-24-20(27)22-16(3)17-7-5-4-6-8-17/h4-8,15-16,18H,9-14H2,1-3H3,(H2,22,24,27)/b23-19-/t16-,18?,21?/m0/s1. The number of nitrogens with zero attached hydrogens (tertiary/aromatic N) is 3. The van der Waals surface area contributed by atoms with Crippen LogP contribution in [0.1, 0.15) is 32.4 Å². The highest BCUT2D eigenvalue weighted by Crippen LogP contribution is 2.43. The number of fused-ring (bicyclic) bond motifs is 1. The zero-order valence-electron chi connectivity index (χ0n) is 16.6. The molecule has 2 unspecified atom stereocenters. The molecule has 4 bridgehead atoms. The molecule has 3 atom stereocenters. The second-order valence-corrected chi connectivity index (χ2v) is 9.10. The van der Waals surface area contributed by atoms with Gasteiger partial charge in [-0.2, -0.15) is 5.10 Å². The van der Waals surface area contributed by atoms with Crippen molar-refractivity contribution in [2.24, 2.45) is 22.4 Å². The van der Waals surface area contributed by atoms with Gasteiger partial charge in [-0.25, -0.2) is 0 Å². The van der Waals surface area contributed by atoms with E-state index in [1.807, 2.05) is 6.07 Å². The molecule has 4 fully saturated rings. The van der Waals surface area contributed by atoms with Gasteiger partial charge in [0.05, 0.1) is 11.8 Å². The summed E-state index contributed by atoms with van der Waals surface area (Å²) in [5, 5.41) is 8.88. The summed E-state index contributed by atoms with van der Waals surface area (Å²) in [6.07, 6.45) is 0. The van der Waals surface area contributed by atoms with Crippen LogP contribution in [-0.4, -0.2) is 59.9 Å². The highest BCUT2D eigenvalue weighted by molar-refractivity contribution is 7.80. The molecular formula is C21H31N5S. The van der Waals surface area contributed by atoms with Gasteiger partial charge in [0, 0.05) is 50.6 Å². The third kappa shape index (κ3) is 3.62. The van der Waals surface area contributed by atoms with Crippen molar-refractivity contribution < 1.29 is 0 Å². The average Bonchev–Trinajstić information content (AvgIpc) is 2.90. The quantitative estimate of drug-likeness (QED) is 0.616. The van der Waals surface area contributed by atoms with Gasteiger partial charge in [0.2, 0.25) is 0 Å². The molecule has 4 aliphatic rings. The Morgan fingerprint density at radius 3 is 2.33 bits per heavy atom. The molecule has 4 heterocycles. The number of hydrazone groups is 1. The molecule has 1 aromatic carbocycles. The van der Waals surface area contributed by atoms with Crippen LogP contribution in [-0.2, 0) is 0 Å². The lowest BCUT2D eigenvalue weighted by Crippen LogP contribution is -2.63. The molecule has 6 heteroatoms. The topological polar surface area (TPSA) is 42.9 Å². The van der Waals surface area contributed by atoms with E-state index < -0.39 is 0 Å². The number of rotatable bonds is 4. The van der Waals surface area contributed by atoms with Gasteiger partial charge in [0.25, 0.3) is 0 Å². The van der Waals surface area contributed by atoms with Crippen molar-refractivity contribution in [1.29, 1.82) is 0 Å². The molecule has 4 aliphatic heterocycles. The van der Waals surface area contributed by atoms with Crippen molar-refractivity contribution in [3.8, 4) is 0 Å². The maximum atomic E-state index is 5.54. The Morgan fingerprint density at radius 1 is 1.11 bits per heavy atom. The van der Waals surface area contributed by atoms with Crippen LogP contribution in [0, 0.1) is 17.3 Å². The van der Waals surface area contributed by atoms with Crippen LogP contribution in [0.3, 0.4) is 0 Å². The lowest BCUT2D eigenvalue weighted by Gasteiger charge is -2.52. The predicted molar refractivity (Wildman–Crippen MR) is 115 cm³/mol. The van der Waals surface area contributed by atoms with E-state index in [2.05, 4.69) is 65.6 Å². The SMILES string of the molecule is CC(C)C12CN3CCN(CC(C3)/C1=N/NC(=S)N[C@@H](C)c1ccccc1)C2. The van der Waals surface area contributed by atoms with Crippen molar-refractivity contribution in [2.75, 3.05) is 39.3 Å². The molecule has 1 aromatic rings. The fourth-order valence-electron chi connectivity index (χ4n) is 5.05. The second kappa shape index (κ2) is 7.49. The molecule has 0 saturated carbocycles. The monoisotopic (exact) mass is 385 g/mol. The summed E-state index contributed by atoms with van der Waals surface area (Å²) in [6, 6.07) is 10.5. The van der Waals surface area contributed by atoms with Crippen molar-refractivity contribution in [2.45, 2.75) is 26.8 Å². The van der Waals surface area contributed by atoms with Crippen LogP contribution in [0.2, 0.25) is 0 Å². The first-order valence-corrected chi connectivity index (χ1v) is 10.5. The minimum atomic E-state index is 0.144. The van der Waals surface area contributed by atoms with Gasteiger partial charge < -0.3 is 15.1 Å². The second-order valence-electron chi connectivity index (χ2n) is 8.69. The summed E-state index contributed by atoms with van der Waals surface area (Å²) >= 11 is 5.54. The largest absolute Gasteiger partial charge is 0.355 e. The first-order chi connectivity index (χ1) is 13.0. The number of nitrogens with one attached hydrogen (secondary N) is 2. The Labute approximate surface area is 168 Å². The Hall–Kier alpha value is -1.50. The summed E-state index contributed by atoms with van der Waals surface area (Å²) in [5.41, 5.74) is 5.89. The average molecular weight is 386 g/mol. The summed E-state index contributed by atoms with van der Waals surface area (Å²) in [4.78, 5) is 5.29. The van der Waals surface area contributed by atoms with E-state index in [0.29, 0.717) is 16.9 Å². The van der Waals surface area contributed by atoms with Crippen LogP contribution in [0.25, 0.3) is 0 Å². The number of hydrogen-bond donors (Lipinski definition) is 2. The van der Waals surface area contributed by atoms with Gasteiger partial charge in [-0.3, -0.25) is 5.43 Å². The van der Waals surface area contributed by atoms with Gasteiger partial charge in [-0.05, 0) is 30.6 Å². The van der Waals surface area contributed by atoms with Gasteiger partial charge in [-0.15, -0.1) is 0 Å². The van der Waals surface area contributed by atoms with Crippen LogP contribution in [0.4, 0.5) is 0 Å². The maximum Gasteiger partial charge on any atom is 0.187 e. The summed E-state index contributed by atoms with van der Waals surface area (Å²) in [7, 11) is 0. The van der Waals surface area contributed by atoms with Crippen LogP contribution in [0.5, 0.6) is 0 Å². The third-order valence-corrected chi connectivity index (χ3v) is 6.84. The summed E-state index contributed by atoms with van der Waals surface area (Å²) < 4.78 is 0. The fourth-order valence-corrected chi connectivity index (χ4v) is 5.27. The Kier molecular flexibility index (Phi) is 5.23. The third-order valence-electron chi connectivity index (χ3n) is 6.63. The molecule has 0 aliphatic carbocycles. The normalized spacial score (nSPS) is 34.5. The molecule has 0 spiro atoms. The molecular weight excluding hydrogens is 354 g/mol. The van der Waals surface area contributed by atoms with E-state index in [1.54, 1.807) is 0 Å². The van der Waals surface area contributed by atoms with Crippen LogP contribution in [0.15, 0.2) is 35.4 Å². The zero-order valence-corrected chi connectivity index (χ0v) is 17.4. The van der Waals surface area contributed by atoms with E-state index in [0.717, 1.165) is 26.2 Å². The van der Waals surface area contributed by atoms with E-state index in [4.69, 9.17) is 17.3 Å². The molecule has 0 radical (unpaired) electrons. The lowest BCUT2D eigenvalue weighted by molar-refractivity contribution is 0.0828. The molecule has 0 amide bonds. The number of piperidine rings is 2. The Bertz CT molecular complexity index is 701. The Morgan fingerprint density at radius 2 is 1.74 bits per heavy atom. The van der Waals surface area contributed by atoms with Crippen molar-refractivity contribution >= 4 is 23.0 Å².